The quantitative estimate of drug-likeness (QED) is 0.187. The number of nitrogens with one attached hydrogen (secondary N) is 3. The van der Waals surface area contributed by atoms with Crippen molar-refractivity contribution in [3.63, 3.8) is 0 Å². The minimum atomic E-state index is -0.862. The lowest BCUT2D eigenvalue weighted by Crippen LogP contribution is -2.50. The number of rotatable bonds is 7. The van der Waals surface area contributed by atoms with E-state index in [1.807, 2.05) is 17.2 Å². The lowest BCUT2D eigenvalue weighted by Gasteiger charge is -2.28. The highest BCUT2D eigenvalue weighted by Crippen LogP contribution is 2.38. The lowest BCUT2D eigenvalue weighted by atomic mass is 10.00. The number of H-pyrrole nitrogens is 2. The Hall–Kier alpha value is -5.43. The molecule has 0 unspecified atom stereocenters. The number of alkyl carbamates (subject to hydrolysis) is 1. The van der Waals surface area contributed by atoms with Gasteiger partial charge in [0.15, 0.2) is 0 Å². The van der Waals surface area contributed by atoms with Crippen LogP contribution in [0.25, 0.3) is 33.6 Å². The molecule has 2 saturated heterocycles. The van der Waals surface area contributed by atoms with Gasteiger partial charge < -0.3 is 39.3 Å². The van der Waals surface area contributed by atoms with Crippen LogP contribution in [-0.2, 0) is 19.1 Å². The molecule has 53 heavy (non-hydrogen) atoms. The summed E-state index contributed by atoms with van der Waals surface area (Å²) in [6, 6.07) is 13.4. The number of ether oxygens (including phenoxy) is 3. The zero-order valence-corrected chi connectivity index (χ0v) is 30.1. The van der Waals surface area contributed by atoms with Crippen LogP contribution in [0.3, 0.4) is 0 Å². The van der Waals surface area contributed by atoms with Crippen molar-refractivity contribution in [1.82, 2.24) is 35.1 Å². The number of hydrogen-bond acceptors (Lipinski definition) is 8. The van der Waals surface area contributed by atoms with Gasteiger partial charge in [-0.05, 0) is 73.8 Å². The number of carbonyl (C=O) groups excluding carboxylic acids is 3. The monoisotopic (exact) mass is 721 g/mol. The number of allylic oxidation sites excluding steroid dienone is 1. The number of nitrogens with zero attached hydrogens (tertiary/aromatic N) is 4. The molecule has 2 aromatic carbocycles. The summed E-state index contributed by atoms with van der Waals surface area (Å²) >= 11 is 0. The molecule has 0 radical (unpaired) electrons. The summed E-state index contributed by atoms with van der Waals surface area (Å²) in [4.78, 5) is 58.6. The minimum Gasteiger partial charge on any atom is -0.493 e. The summed E-state index contributed by atoms with van der Waals surface area (Å²) in [6.45, 7) is 5.99. The number of carbonyl (C=O) groups is 3. The molecule has 3 atom stereocenters. The van der Waals surface area contributed by atoms with E-state index in [0.717, 1.165) is 90.3 Å². The van der Waals surface area contributed by atoms with E-state index in [1.165, 1.54) is 7.11 Å². The molecule has 3 amide bonds. The van der Waals surface area contributed by atoms with Crippen LogP contribution in [0.4, 0.5) is 4.79 Å². The lowest BCUT2D eigenvalue weighted by molar-refractivity contribution is -0.136. The van der Waals surface area contributed by atoms with E-state index >= 15 is 0 Å². The number of likely N-dealkylation sites (tertiary alicyclic amines) is 1. The average molecular weight is 722 g/mol. The molecule has 4 aromatic rings. The summed E-state index contributed by atoms with van der Waals surface area (Å²) in [6.07, 6.45) is 10.8. The van der Waals surface area contributed by atoms with Crippen molar-refractivity contribution in [1.29, 1.82) is 0 Å². The van der Waals surface area contributed by atoms with Crippen LogP contribution in [0.2, 0.25) is 0 Å². The van der Waals surface area contributed by atoms with E-state index in [1.54, 1.807) is 17.2 Å². The predicted molar refractivity (Wildman–Crippen MR) is 199 cm³/mol. The first-order valence-electron chi connectivity index (χ1n) is 18.5. The predicted octanol–water partition coefficient (Wildman–Crippen LogP) is 6.34. The Bertz CT molecular complexity index is 1920. The number of amides is 3. The molecule has 5 heterocycles. The third-order valence-electron chi connectivity index (χ3n) is 10.3. The zero-order valence-electron chi connectivity index (χ0n) is 30.1. The summed E-state index contributed by atoms with van der Waals surface area (Å²) in [7, 11) is 1.27. The Morgan fingerprint density at radius 2 is 1.62 bits per heavy atom. The number of imidazole rings is 2. The van der Waals surface area contributed by atoms with Gasteiger partial charge in [0, 0.05) is 31.7 Å². The average Bonchev–Trinajstić information content (AvgIpc) is 4.02. The molecule has 7 rings (SSSR count). The number of hydrogen-bond donors (Lipinski definition) is 3. The molecule has 278 valence electrons. The third kappa shape index (κ3) is 7.99. The van der Waals surface area contributed by atoms with Crippen molar-refractivity contribution in [2.75, 3.05) is 40.0 Å². The van der Waals surface area contributed by atoms with Gasteiger partial charge in [0.1, 0.15) is 23.4 Å². The van der Waals surface area contributed by atoms with Crippen LogP contribution in [0.15, 0.2) is 67.5 Å². The fraction of sp³-hybridized carbons (Fsp3) is 0.425. The van der Waals surface area contributed by atoms with Crippen molar-refractivity contribution < 1.29 is 28.6 Å². The fourth-order valence-electron chi connectivity index (χ4n) is 7.48. The van der Waals surface area contributed by atoms with Crippen LogP contribution in [0.5, 0.6) is 5.75 Å². The molecule has 3 N–H and O–H groups in total. The van der Waals surface area contributed by atoms with Crippen LogP contribution >= 0.6 is 0 Å². The zero-order chi connectivity index (χ0) is 36.7. The van der Waals surface area contributed by atoms with Gasteiger partial charge in [-0.25, -0.2) is 14.8 Å². The molecular weight excluding hydrogens is 674 g/mol. The first-order chi connectivity index (χ1) is 25.9. The topological polar surface area (TPSA) is 155 Å². The van der Waals surface area contributed by atoms with Crippen molar-refractivity contribution in [2.45, 2.75) is 69.5 Å². The van der Waals surface area contributed by atoms with Gasteiger partial charge in [0.2, 0.25) is 11.8 Å². The normalized spacial score (nSPS) is 20.7. The fourth-order valence-corrected chi connectivity index (χ4v) is 7.48. The van der Waals surface area contributed by atoms with Gasteiger partial charge in [0.05, 0.1) is 56.2 Å². The second-order valence-electron chi connectivity index (χ2n) is 13.7. The Kier molecular flexibility index (Phi) is 11.2. The van der Waals surface area contributed by atoms with E-state index in [0.29, 0.717) is 38.4 Å². The standard InChI is InChI=1S/C40H47N7O6/c1-3-4-11-36(48)46-18-7-9-33(46)37-41-23-30(43-37)27-14-12-26(13-15-27)28-16-17-29-31-24-42-38(44-31)34-10-8-19-47(34)39(49)32(45-40(50)51-2)25-52-20-5-6-21-53-35(29)22-28/h3,12-17,22-24,32-34H,1,4-11,18-21,25H2,2H3,(H,41,43)(H,42,44)(H,45,50)/t32-,33-,34-/m0/s1. The molecule has 2 aromatic heterocycles. The van der Waals surface area contributed by atoms with Crippen LogP contribution in [0, 0.1) is 0 Å². The van der Waals surface area contributed by atoms with Crippen molar-refractivity contribution in [2.24, 2.45) is 0 Å². The minimum absolute atomic E-state index is 0.0326. The third-order valence-corrected chi connectivity index (χ3v) is 10.3. The Labute approximate surface area is 309 Å². The molecule has 13 nitrogen and oxygen atoms in total. The molecule has 0 aliphatic carbocycles. The van der Waals surface area contributed by atoms with Crippen molar-refractivity contribution in [3.8, 4) is 39.4 Å². The Morgan fingerprint density at radius 1 is 0.925 bits per heavy atom. The Balaban J connectivity index is 1.10. The second kappa shape index (κ2) is 16.5. The first-order valence-corrected chi connectivity index (χ1v) is 18.5. The van der Waals surface area contributed by atoms with Gasteiger partial charge in [-0.15, -0.1) is 6.58 Å². The summed E-state index contributed by atoms with van der Waals surface area (Å²) < 4.78 is 17.0. The number of benzene rings is 2. The molecule has 0 saturated carbocycles. The molecule has 2 bridgehead atoms. The first kappa shape index (κ1) is 36.0. The number of aromatic amines is 2. The van der Waals surface area contributed by atoms with Gasteiger partial charge in [-0.3, -0.25) is 9.59 Å². The van der Waals surface area contributed by atoms with Crippen molar-refractivity contribution >= 4 is 17.9 Å². The maximum Gasteiger partial charge on any atom is 0.407 e. The largest absolute Gasteiger partial charge is 0.493 e. The maximum atomic E-state index is 13.7. The summed E-state index contributed by atoms with van der Waals surface area (Å²) in [5.74, 6) is 2.17. The van der Waals surface area contributed by atoms with Gasteiger partial charge in [-0.1, -0.05) is 36.4 Å². The van der Waals surface area contributed by atoms with Gasteiger partial charge in [0.25, 0.3) is 0 Å². The highest BCUT2D eigenvalue weighted by atomic mass is 16.5. The molecule has 3 aliphatic heterocycles. The molecule has 2 fully saturated rings. The molecule has 0 spiro atoms. The molecular formula is C40H47N7O6. The summed E-state index contributed by atoms with van der Waals surface area (Å²) in [5, 5.41) is 2.65. The van der Waals surface area contributed by atoms with E-state index in [2.05, 4.69) is 63.2 Å². The van der Waals surface area contributed by atoms with Crippen LogP contribution in [0.1, 0.15) is 75.1 Å². The highest BCUT2D eigenvalue weighted by Gasteiger charge is 2.37. The van der Waals surface area contributed by atoms with Crippen LogP contribution < -0.4 is 10.1 Å². The molecule has 3 aliphatic rings. The smallest absolute Gasteiger partial charge is 0.407 e. The van der Waals surface area contributed by atoms with E-state index in [9.17, 15) is 14.4 Å². The van der Waals surface area contributed by atoms with Gasteiger partial charge >= 0.3 is 6.09 Å². The van der Waals surface area contributed by atoms with E-state index in [-0.39, 0.29) is 30.5 Å². The van der Waals surface area contributed by atoms with E-state index < -0.39 is 12.1 Å². The number of methoxy groups -OCH3 is 1. The van der Waals surface area contributed by atoms with E-state index in [4.69, 9.17) is 19.2 Å². The maximum absolute atomic E-state index is 13.7. The van der Waals surface area contributed by atoms with Crippen LogP contribution in [-0.4, -0.2) is 93.7 Å². The highest BCUT2D eigenvalue weighted by molar-refractivity contribution is 5.86. The van der Waals surface area contributed by atoms with Crippen molar-refractivity contribution in [3.05, 3.63) is 79.2 Å². The Morgan fingerprint density at radius 3 is 2.43 bits per heavy atom. The number of aromatic nitrogens is 4. The number of fused-ring (bicyclic) bond motifs is 6. The molecule has 13 heteroatoms. The summed E-state index contributed by atoms with van der Waals surface area (Å²) in [5.41, 5.74) is 5.64. The van der Waals surface area contributed by atoms with Gasteiger partial charge in [-0.2, -0.15) is 0 Å². The SMILES string of the molecule is C=CCCC(=O)N1CCC[C@H]1c1ncc(-c2ccc(-c3ccc4c(c3)OCCCCOC[C@H](NC(=O)OC)C(=O)N3CCC[C@H]3c3ncc-4[nH]3)cc2)[nH]1. The second-order valence-corrected chi connectivity index (χ2v) is 13.7.